The summed E-state index contributed by atoms with van der Waals surface area (Å²) in [6.07, 6.45) is -0.404. The smallest absolute Gasteiger partial charge is 0.408 e. The van der Waals surface area contributed by atoms with E-state index in [1.807, 2.05) is 30.3 Å². The van der Waals surface area contributed by atoms with Gasteiger partial charge in [-0.1, -0.05) is 35.0 Å². The Bertz CT molecular complexity index is 1960. The molecule has 0 spiro atoms. The molecule has 3 aromatic heterocycles. The fourth-order valence-electron chi connectivity index (χ4n) is 4.54. The van der Waals surface area contributed by atoms with E-state index in [0.29, 0.717) is 29.0 Å². The predicted molar refractivity (Wildman–Crippen MR) is 170 cm³/mol. The summed E-state index contributed by atoms with van der Waals surface area (Å²) in [5.74, 6) is -2.11. The lowest BCUT2D eigenvalue weighted by Crippen LogP contribution is -2.61. The Hall–Kier alpha value is -5.14. The summed E-state index contributed by atoms with van der Waals surface area (Å²) in [5.41, 5.74) is 3.86. The molecule has 2 aromatic carbocycles. The number of benzene rings is 2. The molecule has 0 aliphatic heterocycles. The summed E-state index contributed by atoms with van der Waals surface area (Å²) in [4.78, 5) is 51.7. The average molecular weight is 646 g/mol. The van der Waals surface area contributed by atoms with Gasteiger partial charge in [-0.3, -0.25) is 14.6 Å². The number of hydroxylamine groups is 1. The van der Waals surface area contributed by atoms with Crippen LogP contribution in [0.25, 0.3) is 33.3 Å². The Morgan fingerprint density at radius 3 is 2.50 bits per heavy atom. The third-order valence-electron chi connectivity index (χ3n) is 7.22. The molecule has 5 aromatic rings. The van der Waals surface area contributed by atoms with Crippen molar-refractivity contribution < 1.29 is 29.1 Å². The Morgan fingerprint density at radius 2 is 1.78 bits per heavy atom. The van der Waals surface area contributed by atoms with Crippen LogP contribution in [0.1, 0.15) is 50.5 Å². The van der Waals surface area contributed by atoms with E-state index in [-0.39, 0.29) is 10.6 Å². The SMILES string of the molecule is CC(ONC(=O)c1ccc(-c2ccc3nnn(Cc4ccc5ncccc5c4)c3n2)cc1Cl)[C@](C)(NC(=O)OC(C)(C)C)C(=O)O. The zero-order chi connectivity index (χ0) is 33.2. The van der Waals surface area contributed by atoms with Crippen molar-refractivity contribution in [2.75, 3.05) is 0 Å². The number of nitrogens with one attached hydrogen (secondary N) is 2. The molecular formula is C32H32ClN7O6. The number of aliphatic carboxylic acids is 1. The number of hydrogen-bond acceptors (Lipinski definition) is 9. The first-order valence-electron chi connectivity index (χ1n) is 14.3. The quantitative estimate of drug-likeness (QED) is 0.182. The number of aromatic nitrogens is 5. The van der Waals surface area contributed by atoms with Gasteiger partial charge in [0.25, 0.3) is 5.91 Å². The molecule has 13 nitrogen and oxygen atoms in total. The second-order valence-corrected chi connectivity index (χ2v) is 12.2. The highest BCUT2D eigenvalue weighted by Crippen LogP contribution is 2.27. The second-order valence-electron chi connectivity index (χ2n) is 11.8. The Kier molecular flexibility index (Phi) is 8.90. The molecule has 3 N–H and O–H groups in total. The number of carboxylic acid groups (broad SMARTS) is 1. The molecule has 1 unspecified atom stereocenters. The van der Waals surface area contributed by atoms with E-state index < -0.39 is 35.2 Å². The zero-order valence-corrected chi connectivity index (χ0v) is 26.5. The fraction of sp³-hybridized carbons (Fsp3) is 0.281. The van der Waals surface area contributed by atoms with Crippen LogP contribution in [0.3, 0.4) is 0 Å². The maximum atomic E-state index is 12.9. The second kappa shape index (κ2) is 12.7. The van der Waals surface area contributed by atoms with Gasteiger partial charge in [-0.05, 0) is 82.6 Å². The summed E-state index contributed by atoms with van der Waals surface area (Å²) in [7, 11) is 0. The van der Waals surface area contributed by atoms with E-state index in [0.717, 1.165) is 16.5 Å². The number of ether oxygens (including phenoxy) is 1. The zero-order valence-electron chi connectivity index (χ0n) is 25.7. The van der Waals surface area contributed by atoms with Crippen molar-refractivity contribution in [2.24, 2.45) is 0 Å². The molecule has 0 saturated heterocycles. The number of halogens is 1. The van der Waals surface area contributed by atoms with Crippen molar-refractivity contribution in [1.29, 1.82) is 0 Å². The van der Waals surface area contributed by atoms with Gasteiger partial charge in [-0.25, -0.2) is 24.7 Å². The monoisotopic (exact) mass is 645 g/mol. The minimum atomic E-state index is -1.93. The van der Waals surface area contributed by atoms with Crippen LogP contribution in [0.5, 0.6) is 0 Å². The first-order valence-corrected chi connectivity index (χ1v) is 14.7. The van der Waals surface area contributed by atoms with Crippen LogP contribution < -0.4 is 10.8 Å². The fourth-order valence-corrected chi connectivity index (χ4v) is 4.80. The van der Waals surface area contributed by atoms with E-state index in [1.165, 1.54) is 19.9 Å². The molecule has 0 saturated carbocycles. The summed E-state index contributed by atoms with van der Waals surface area (Å²) in [6, 6.07) is 18.2. The molecule has 0 aliphatic carbocycles. The molecule has 3 heterocycles. The molecular weight excluding hydrogens is 614 g/mol. The molecule has 0 fully saturated rings. The van der Waals surface area contributed by atoms with Gasteiger partial charge in [0.05, 0.1) is 28.3 Å². The molecule has 0 radical (unpaired) electrons. The number of amides is 2. The van der Waals surface area contributed by atoms with Crippen LogP contribution in [0, 0.1) is 0 Å². The minimum Gasteiger partial charge on any atom is -0.479 e. The molecule has 0 bridgehead atoms. The summed E-state index contributed by atoms with van der Waals surface area (Å²) in [6.45, 7) is 8.01. The van der Waals surface area contributed by atoms with Crippen molar-refractivity contribution in [1.82, 2.24) is 35.8 Å². The normalized spacial score (nSPS) is 13.6. The number of carbonyl (C=O) groups is 3. The number of rotatable bonds is 9. The molecule has 0 aliphatic rings. The topological polar surface area (TPSA) is 170 Å². The van der Waals surface area contributed by atoms with E-state index in [9.17, 15) is 19.5 Å². The molecule has 2 amide bonds. The predicted octanol–water partition coefficient (Wildman–Crippen LogP) is 5.16. The van der Waals surface area contributed by atoms with Gasteiger partial charge in [0.2, 0.25) is 0 Å². The number of hydrogen-bond donors (Lipinski definition) is 3. The highest BCUT2D eigenvalue weighted by atomic mass is 35.5. The number of alkyl carbamates (subject to hydrolysis) is 1. The number of nitrogens with zero attached hydrogens (tertiary/aromatic N) is 5. The molecule has 14 heteroatoms. The van der Waals surface area contributed by atoms with E-state index in [4.69, 9.17) is 26.2 Å². The molecule has 238 valence electrons. The van der Waals surface area contributed by atoms with Gasteiger partial charge in [-0.2, -0.15) is 0 Å². The van der Waals surface area contributed by atoms with Crippen molar-refractivity contribution in [3.63, 3.8) is 0 Å². The lowest BCUT2D eigenvalue weighted by molar-refractivity contribution is -0.153. The van der Waals surface area contributed by atoms with Gasteiger partial charge in [0.1, 0.15) is 17.2 Å². The number of carbonyl (C=O) groups excluding carboxylic acids is 2. The number of carboxylic acids is 1. The van der Waals surface area contributed by atoms with E-state index in [1.54, 1.807) is 55.9 Å². The lowest BCUT2D eigenvalue weighted by atomic mass is 9.96. The van der Waals surface area contributed by atoms with Crippen LogP contribution in [0.4, 0.5) is 4.79 Å². The Balaban J connectivity index is 1.29. The summed E-state index contributed by atoms with van der Waals surface area (Å²) >= 11 is 6.50. The van der Waals surface area contributed by atoms with Crippen molar-refractivity contribution in [3.05, 3.63) is 83.0 Å². The third kappa shape index (κ3) is 7.05. The Morgan fingerprint density at radius 1 is 1.02 bits per heavy atom. The summed E-state index contributed by atoms with van der Waals surface area (Å²) in [5, 5.41) is 21.7. The van der Waals surface area contributed by atoms with E-state index >= 15 is 0 Å². The van der Waals surface area contributed by atoms with Crippen molar-refractivity contribution in [3.8, 4) is 11.3 Å². The average Bonchev–Trinajstić information content (AvgIpc) is 3.40. The highest BCUT2D eigenvalue weighted by Gasteiger charge is 2.43. The van der Waals surface area contributed by atoms with Gasteiger partial charge >= 0.3 is 12.1 Å². The van der Waals surface area contributed by atoms with Crippen molar-refractivity contribution in [2.45, 2.75) is 58.4 Å². The standard InChI is InChI=1S/C32H32ClN7O6/c1-18(32(5,29(42)43)36-30(44)45-31(2,3)4)46-38-28(41)22-10-9-21(16-23(22)33)25-12-13-26-27(35-25)40(39-37-26)17-19-8-11-24-20(15-19)7-6-14-34-24/h6-16,18H,17H2,1-5H3,(H,36,44)(H,38,41)(H,42,43)/t18?,32-/m0/s1. The lowest BCUT2D eigenvalue weighted by Gasteiger charge is -2.32. The van der Waals surface area contributed by atoms with Gasteiger partial charge in [0.15, 0.2) is 11.2 Å². The van der Waals surface area contributed by atoms with Crippen LogP contribution in [-0.4, -0.2) is 65.3 Å². The van der Waals surface area contributed by atoms with Gasteiger partial charge in [-0.15, -0.1) is 5.10 Å². The largest absolute Gasteiger partial charge is 0.479 e. The van der Waals surface area contributed by atoms with Crippen molar-refractivity contribution >= 4 is 51.6 Å². The molecule has 46 heavy (non-hydrogen) atoms. The Labute approximate surface area is 268 Å². The number of fused-ring (bicyclic) bond motifs is 2. The maximum absolute atomic E-state index is 12.9. The highest BCUT2D eigenvalue weighted by molar-refractivity contribution is 6.34. The maximum Gasteiger partial charge on any atom is 0.408 e. The van der Waals surface area contributed by atoms with Gasteiger partial charge in [0, 0.05) is 17.1 Å². The van der Waals surface area contributed by atoms with Gasteiger partial charge < -0.3 is 15.2 Å². The van der Waals surface area contributed by atoms with Crippen LogP contribution in [0.2, 0.25) is 5.02 Å². The van der Waals surface area contributed by atoms with Crippen LogP contribution >= 0.6 is 11.6 Å². The molecule has 5 rings (SSSR count). The third-order valence-corrected chi connectivity index (χ3v) is 7.53. The minimum absolute atomic E-state index is 0.0772. The first kappa shape index (κ1) is 32.3. The van der Waals surface area contributed by atoms with Crippen LogP contribution in [0.15, 0.2) is 66.9 Å². The first-order chi connectivity index (χ1) is 21.7. The summed E-state index contributed by atoms with van der Waals surface area (Å²) < 4.78 is 6.88. The molecule has 2 atom stereocenters. The van der Waals surface area contributed by atoms with E-state index in [2.05, 4.69) is 26.1 Å². The van der Waals surface area contributed by atoms with Crippen LogP contribution in [-0.2, 0) is 20.9 Å². The number of pyridine rings is 2.